The zero-order valence-electron chi connectivity index (χ0n) is 9.17. The molecule has 1 rings (SSSR count). The van der Waals surface area contributed by atoms with Crippen LogP contribution in [-0.2, 0) is 6.54 Å². The minimum atomic E-state index is 0.500. The van der Waals surface area contributed by atoms with Crippen LogP contribution < -0.4 is 5.73 Å². The van der Waals surface area contributed by atoms with Crippen molar-refractivity contribution in [3.8, 4) is 0 Å². The molecular weight excluding hydrogens is 158 g/mol. The first-order valence-corrected chi connectivity index (χ1v) is 4.67. The maximum atomic E-state index is 5.35. The van der Waals surface area contributed by atoms with Gasteiger partial charge in [-0.2, -0.15) is 0 Å². The molecule has 0 fully saturated rings. The molecule has 13 heavy (non-hydrogen) atoms. The standard InChI is InChI=1S/C7H9N.C5H12/c8-6-7-4-2-1-3-5-7;1-5(2,3)4/h1-5H,6,8H2;1-4H3. The fourth-order valence-corrected chi connectivity index (χ4v) is 0.614. The maximum Gasteiger partial charge on any atom is 0.0178 e. The molecule has 0 spiro atoms. The van der Waals surface area contributed by atoms with E-state index in [1.54, 1.807) is 0 Å². The van der Waals surface area contributed by atoms with Crippen molar-refractivity contribution >= 4 is 0 Å². The summed E-state index contributed by atoms with van der Waals surface area (Å²) in [5.41, 5.74) is 7.04. The van der Waals surface area contributed by atoms with Gasteiger partial charge in [-0.1, -0.05) is 58.0 Å². The molecule has 1 aromatic rings. The van der Waals surface area contributed by atoms with Crippen LogP contribution >= 0.6 is 0 Å². The van der Waals surface area contributed by atoms with Gasteiger partial charge < -0.3 is 5.73 Å². The monoisotopic (exact) mass is 179 g/mol. The molecule has 1 nitrogen and oxygen atoms in total. The van der Waals surface area contributed by atoms with Crippen molar-refractivity contribution < 1.29 is 0 Å². The Balaban J connectivity index is 0.000000252. The van der Waals surface area contributed by atoms with Crippen LogP contribution in [0.25, 0.3) is 0 Å². The van der Waals surface area contributed by atoms with Gasteiger partial charge in [0.25, 0.3) is 0 Å². The summed E-state index contributed by atoms with van der Waals surface area (Å²) < 4.78 is 0. The van der Waals surface area contributed by atoms with Crippen LogP contribution in [0.5, 0.6) is 0 Å². The highest BCUT2D eigenvalue weighted by atomic mass is 14.5. The van der Waals surface area contributed by atoms with Gasteiger partial charge in [-0.3, -0.25) is 0 Å². The number of rotatable bonds is 1. The van der Waals surface area contributed by atoms with E-state index in [9.17, 15) is 0 Å². The van der Waals surface area contributed by atoms with E-state index in [2.05, 4.69) is 27.7 Å². The predicted molar refractivity (Wildman–Crippen MR) is 59.5 cm³/mol. The predicted octanol–water partition coefficient (Wildman–Crippen LogP) is 3.20. The topological polar surface area (TPSA) is 26.0 Å². The van der Waals surface area contributed by atoms with Gasteiger partial charge in [0.1, 0.15) is 0 Å². The van der Waals surface area contributed by atoms with Crippen LogP contribution in [0.3, 0.4) is 0 Å². The van der Waals surface area contributed by atoms with Crippen molar-refractivity contribution in [3.63, 3.8) is 0 Å². The molecule has 0 saturated carbocycles. The summed E-state index contributed by atoms with van der Waals surface area (Å²) in [4.78, 5) is 0. The third kappa shape index (κ3) is 11.2. The summed E-state index contributed by atoms with van der Waals surface area (Å²) in [6.45, 7) is 9.39. The molecule has 0 aromatic heterocycles. The first-order valence-electron chi connectivity index (χ1n) is 4.67. The highest BCUT2D eigenvalue weighted by molar-refractivity contribution is 5.13. The van der Waals surface area contributed by atoms with E-state index < -0.39 is 0 Å². The first kappa shape index (κ1) is 12.2. The molecule has 0 heterocycles. The highest BCUT2D eigenvalue weighted by Crippen LogP contribution is 2.08. The number of nitrogens with two attached hydrogens (primary N) is 1. The second-order valence-electron chi connectivity index (χ2n) is 4.69. The van der Waals surface area contributed by atoms with Gasteiger partial charge in [-0.05, 0) is 11.0 Å². The fourth-order valence-electron chi connectivity index (χ4n) is 0.614. The summed E-state index contributed by atoms with van der Waals surface area (Å²) in [5.74, 6) is 0. The Morgan fingerprint density at radius 3 is 1.62 bits per heavy atom. The molecule has 0 bridgehead atoms. The van der Waals surface area contributed by atoms with E-state index in [0.29, 0.717) is 12.0 Å². The maximum absolute atomic E-state index is 5.35. The summed E-state index contributed by atoms with van der Waals surface area (Å²) >= 11 is 0. The average molecular weight is 179 g/mol. The van der Waals surface area contributed by atoms with Gasteiger partial charge in [-0.25, -0.2) is 0 Å². The lowest BCUT2D eigenvalue weighted by atomic mass is 10.0. The van der Waals surface area contributed by atoms with Crippen molar-refractivity contribution in [3.05, 3.63) is 35.9 Å². The van der Waals surface area contributed by atoms with Crippen LogP contribution in [0.15, 0.2) is 30.3 Å². The van der Waals surface area contributed by atoms with Crippen molar-refractivity contribution in [1.82, 2.24) is 0 Å². The van der Waals surface area contributed by atoms with Crippen LogP contribution in [0.4, 0.5) is 0 Å². The summed E-state index contributed by atoms with van der Waals surface area (Å²) in [6, 6.07) is 9.99. The van der Waals surface area contributed by atoms with Gasteiger partial charge >= 0.3 is 0 Å². The Kier molecular flexibility index (Phi) is 5.40. The lowest BCUT2D eigenvalue weighted by Crippen LogP contribution is -1.94. The average Bonchev–Trinajstić information content (AvgIpc) is 2.03. The molecule has 0 aliphatic heterocycles. The van der Waals surface area contributed by atoms with Crippen molar-refractivity contribution in [2.75, 3.05) is 0 Å². The molecule has 0 aliphatic rings. The molecule has 74 valence electrons. The van der Waals surface area contributed by atoms with Crippen LogP contribution in [0.2, 0.25) is 0 Å². The Labute approximate surface area is 82.0 Å². The van der Waals surface area contributed by atoms with Crippen LogP contribution in [0, 0.1) is 5.41 Å². The van der Waals surface area contributed by atoms with Gasteiger partial charge in [0.05, 0.1) is 0 Å². The van der Waals surface area contributed by atoms with Crippen molar-refractivity contribution in [2.45, 2.75) is 34.2 Å². The third-order valence-electron chi connectivity index (χ3n) is 1.08. The van der Waals surface area contributed by atoms with E-state index in [0.717, 1.165) is 0 Å². The molecule has 0 amide bonds. The van der Waals surface area contributed by atoms with Gasteiger partial charge in [0.2, 0.25) is 0 Å². The molecule has 1 heteroatoms. The Bertz CT molecular complexity index is 202. The van der Waals surface area contributed by atoms with E-state index in [1.807, 2.05) is 30.3 Å². The lowest BCUT2D eigenvalue weighted by molar-refractivity contribution is 0.469. The molecule has 0 aliphatic carbocycles. The second kappa shape index (κ2) is 5.76. The number of hydrogen-bond acceptors (Lipinski definition) is 1. The molecule has 0 atom stereocenters. The zero-order valence-corrected chi connectivity index (χ0v) is 9.17. The van der Waals surface area contributed by atoms with E-state index in [1.165, 1.54) is 5.56 Å². The van der Waals surface area contributed by atoms with Gasteiger partial charge in [0, 0.05) is 6.54 Å². The molecule has 2 N–H and O–H groups in total. The number of benzene rings is 1. The molecule has 0 radical (unpaired) electrons. The Morgan fingerprint density at radius 2 is 1.38 bits per heavy atom. The van der Waals surface area contributed by atoms with E-state index >= 15 is 0 Å². The summed E-state index contributed by atoms with van der Waals surface area (Å²) in [5, 5.41) is 0. The zero-order chi connectivity index (χ0) is 10.3. The Hall–Kier alpha value is -0.820. The van der Waals surface area contributed by atoms with Crippen LogP contribution in [-0.4, -0.2) is 0 Å². The first-order chi connectivity index (χ1) is 5.93. The second-order valence-corrected chi connectivity index (χ2v) is 4.69. The van der Waals surface area contributed by atoms with Gasteiger partial charge in [0.15, 0.2) is 0 Å². The molecule has 1 aromatic carbocycles. The molecule has 0 unspecified atom stereocenters. The Morgan fingerprint density at radius 1 is 1.00 bits per heavy atom. The minimum Gasteiger partial charge on any atom is -0.326 e. The van der Waals surface area contributed by atoms with E-state index in [4.69, 9.17) is 5.73 Å². The third-order valence-corrected chi connectivity index (χ3v) is 1.08. The SMILES string of the molecule is CC(C)(C)C.NCc1ccccc1. The normalized spacial score (nSPS) is 10.2. The molecular formula is C12H21N. The van der Waals surface area contributed by atoms with E-state index in [-0.39, 0.29) is 0 Å². The lowest BCUT2D eigenvalue weighted by Gasteiger charge is -2.05. The minimum absolute atomic E-state index is 0.500. The van der Waals surface area contributed by atoms with Crippen molar-refractivity contribution in [2.24, 2.45) is 11.1 Å². The largest absolute Gasteiger partial charge is 0.326 e. The fraction of sp³-hybridized carbons (Fsp3) is 0.500. The quantitative estimate of drug-likeness (QED) is 0.704. The molecule has 0 saturated heterocycles. The number of hydrogen-bond donors (Lipinski definition) is 1. The highest BCUT2D eigenvalue weighted by Gasteiger charge is 1.95. The van der Waals surface area contributed by atoms with Crippen molar-refractivity contribution in [1.29, 1.82) is 0 Å². The smallest absolute Gasteiger partial charge is 0.0178 e. The van der Waals surface area contributed by atoms with Gasteiger partial charge in [-0.15, -0.1) is 0 Å². The van der Waals surface area contributed by atoms with Crippen LogP contribution in [0.1, 0.15) is 33.3 Å². The summed E-state index contributed by atoms with van der Waals surface area (Å²) in [6.07, 6.45) is 0. The summed E-state index contributed by atoms with van der Waals surface area (Å²) in [7, 11) is 0.